The zero-order valence-electron chi connectivity index (χ0n) is 11.9. The largest absolute Gasteiger partial charge is 0.480 e. The lowest BCUT2D eigenvalue weighted by Crippen LogP contribution is -2.54. The molecule has 106 valence electrons. The van der Waals surface area contributed by atoms with Gasteiger partial charge in [0, 0.05) is 13.0 Å². The van der Waals surface area contributed by atoms with Gasteiger partial charge in [-0.25, -0.2) is 0 Å². The molecule has 4 nitrogen and oxygen atoms in total. The normalized spacial score (nSPS) is 30.1. The van der Waals surface area contributed by atoms with Gasteiger partial charge < -0.3 is 15.2 Å². The fourth-order valence-corrected chi connectivity index (χ4v) is 2.77. The van der Waals surface area contributed by atoms with Gasteiger partial charge in [0.1, 0.15) is 5.54 Å². The highest BCUT2D eigenvalue weighted by atomic mass is 16.5. The van der Waals surface area contributed by atoms with Gasteiger partial charge in [-0.3, -0.25) is 4.79 Å². The number of likely N-dealkylation sites (N-methyl/N-ethyl adjacent to an activating group) is 1. The number of hydrogen-bond donors (Lipinski definition) is 2. The van der Waals surface area contributed by atoms with E-state index in [0.29, 0.717) is 18.8 Å². The third-order valence-corrected chi connectivity index (χ3v) is 3.99. The molecule has 18 heavy (non-hydrogen) atoms. The van der Waals surface area contributed by atoms with E-state index in [1.54, 1.807) is 7.05 Å². The maximum Gasteiger partial charge on any atom is 0.323 e. The second-order valence-electron chi connectivity index (χ2n) is 5.58. The molecule has 0 spiro atoms. The second kappa shape index (κ2) is 7.10. The third-order valence-electron chi connectivity index (χ3n) is 3.99. The van der Waals surface area contributed by atoms with Crippen molar-refractivity contribution in [3.05, 3.63) is 0 Å². The molecular weight excluding hydrogens is 230 g/mol. The molecule has 0 aromatic carbocycles. The van der Waals surface area contributed by atoms with Crippen LogP contribution in [-0.2, 0) is 9.53 Å². The molecule has 4 heteroatoms. The minimum absolute atomic E-state index is 0.0848. The first-order chi connectivity index (χ1) is 8.54. The van der Waals surface area contributed by atoms with Gasteiger partial charge in [0.25, 0.3) is 0 Å². The van der Waals surface area contributed by atoms with Crippen molar-refractivity contribution in [1.82, 2.24) is 5.32 Å². The quantitative estimate of drug-likeness (QED) is 0.735. The average Bonchev–Trinajstić information content (AvgIpc) is 2.36. The Labute approximate surface area is 110 Å². The van der Waals surface area contributed by atoms with Crippen molar-refractivity contribution >= 4 is 5.97 Å². The molecule has 0 radical (unpaired) electrons. The lowest BCUT2D eigenvalue weighted by Gasteiger charge is -2.37. The molecule has 3 atom stereocenters. The smallest absolute Gasteiger partial charge is 0.323 e. The van der Waals surface area contributed by atoms with Crippen LogP contribution in [0.3, 0.4) is 0 Å². The zero-order chi connectivity index (χ0) is 13.6. The van der Waals surface area contributed by atoms with Gasteiger partial charge in [0.05, 0.1) is 6.10 Å². The number of nitrogens with one attached hydrogen (secondary N) is 1. The molecule has 0 bridgehead atoms. The number of aliphatic carboxylic acids is 1. The molecule has 0 aliphatic heterocycles. The average molecular weight is 257 g/mol. The molecule has 1 saturated carbocycles. The van der Waals surface area contributed by atoms with E-state index in [-0.39, 0.29) is 6.10 Å². The van der Waals surface area contributed by atoms with Crippen LogP contribution in [0.25, 0.3) is 0 Å². The van der Waals surface area contributed by atoms with Crippen LogP contribution in [0, 0.1) is 5.92 Å². The molecule has 2 N–H and O–H groups in total. The van der Waals surface area contributed by atoms with Crippen LogP contribution in [-0.4, -0.2) is 36.4 Å². The summed E-state index contributed by atoms with van der Waals surface area (Å²) in [6.45, 7) is 5.11. The maximum absolute atomic E-state index is 11.4. The Balaban J connectivity index is 2.46. The van der Waals surface area contributed by atoms with Crippen molar-refractivity contribution in [1.29, 1.82) is 0 Å². The van der Waals surface area contributed by atoms with Gasteiger partial charge >= 0.3 is 5.97 Å². The molecule has 0 aromatic heterocycles. The van der Waals surface area contributed by atoms with Gasteiger partial charge in [-0.1, -0.05) is 20.3 Å². The first-order valence-electron chi connectivity index (χ1n) is 7.08. The summed E-state index contributed by atoms with van der Waals surface area (Å²) in [6.07, 6.45) is 5.60. The summed E-state index contributed by atoms with van der Waals surface area (Å²) in [5.41, 5.74) is -0.781. The highest BCUT2D eigenvalue weighted by Crippen LogP contribution is 2.30. The van der Waals surface area contributed by atoms with Crippen LogP contribution in [0.15, 0.2) is 0 Å². The highest BCUT2D eigenvalue weighted by Gasteiger charge is 2.42. The van der Waals surface area contributed by atoms with E-state index in [2.05, 4.69) is 19.2 Å². The monoisotopic (exact) mass is 257 g/mol. The molecule has 0 saturated heterocycles. The van der Waals surface area contributed by atoms with Crippen LogP contribution in [0.4, 0.5) is 0 Å². The molecule has 0 amide bonds. The number of hydrogen-bond acceptors (Lipinski definition) is 3. The Bertz CT molecular complexity index is 270. The van der Waals surface area contributed by atoms with E-state index < -0.39 is 11.5 Å². The first-order valence-corrected chi connectivity index (χ1v) is 7.08. The van der Waals surface area contributed by atoms with Crippen molar-refractivity contribution in [3.8, 4) is 0 Å². The van der Waals surface area contributed by atoms with Gasteiger partial charge in [-0.05, 0) is 38.6 Å². The number of carbonyl (C=O) groups is 1. The summed E-state index contributed by atoms with van der Waals surface area (Å²) < 4.78 is 5.90. The fourth-order valence-electron chi connectivity index (χ4n) is 2.77. The molecule has 0 heterocycles. The van der Waals surface area contributed by atoms with Gasteiger partial charge in [-0.2, -0.15) is 0 Å². The van der Waals surface area contributed by atoms with E-state index in [1.807, 2.05) is 0 Å². The topological polar surface area (TPSA) is 58.6 Å². The molecule has 1 rings (SSSR count). The Morgan fingerprint density at radius 1 is 1.61 bits per heavy atom. The Morgan fingerprint density at radius 2 is 2.33 bits per heavy atom. The standard InChI is InChI=1S/C14H27NO3/c1-4-6-11(2)10-18-12-7-5-8-14(9-12,15-3)13(16)17/h11-12,15H,4-10H2,1-3H3,(H,16,17). The van der Waals surface area contributed by atoms with Gasteiger partial charge in [-0.15, -0.1) is 0 Å². The summed E-state index contributed by atoms with van der Waals surface area (Å²) >= 11 is 0. The highest BCUT2D eigenvalue weighted by molar-refractivity contribution is 5.79. The summed E-state index contributed by atoms with van der Waals surface area (Å²) in [4.78, 5) is 11.4. The van der Waals surface area contributed by atoms with Crippen molar-refractivity contribution in [2.24, 2.45) is 5.92 Å². The first kappa shape index (κ1) is 15.4. The predicted molar refractivity (Wildman–Crippen MR) is 71.7 cm³/mol. The molecule has 1 aliphatic rings. The fraction of sp³-hybridized carbons (Fsp3) is 0.929. The van der Waals surface area contributed by atoms with E-state index in [0.717, 1.165) is 19.4 Å². The van der Waals surface area contributed by atoms with Crippen molar-refractivity contribution in [2.45, 2.75) is 64.0 Å². The second-order valence-corrected chi connectivity index (χ2v) is 5.58. The number of ether oxygens (including phenoxy) is 1. The van der Waals surface area contributed by atoms with Crippen molar-refractivity contribution in [2.75, 3.05) is 13.7 Å². The number of rotatable bonds is 7. The molecular formula is C14H27NO3. The van der Waals surface area contributed by atoms with Crippen LogP contribution in [0.2, 0.25) is 0 Å². The molecule has 0 aromatic rings. The molecule has 1 fully saturated rings. The van der Waals surface area contributed by atoms with Gasteiger partial charge in [0.15, 0.2) is 0 Å². The SMILES string of the molecule is CCCC(C)COC1CCCC(NC)(C(=O)O)C1. The lowest BCUT2D eigenvalue weighted by molar-refractivity contribution is -0.149. The minimum atomic E-state index is -0.781. The summed E-state index contributed by atoms with van der Waals surface area (Å²) in [6, 6.07) is 0. The third kappa shape index (κ3) is 3.95. The Morgan fingerprint density at radius 3 is 2.89 bits per heavy atom. The minimum Gasteiger partial charge on any atom is -0.480 e. The van der Waals surface area contributed by atoms with Crippen LogP contribution >= 0.6 is 0 Å². The zero-order valence-corrected chi connectivity index (χ0v) is 11.9. The van der Waals surface area contributed by atoms with Crippen molar-refractivity contribution in [3.63, 3.8) is 0 Å². The molecule has 1 aliphatic carbocycles. The number of carboxylic acids is 1. The van der Waals surface area contributed by atoms with Crippen LogP contribution < -0.4 is 5.32 Å². The van der Waals surface area contributed by atoms with E-state index in [1.165, 1.54) is 12.8 Å². The van der Waals surface area contributed by atoms with E-state index in [9.17, 15) is 9.90 Å². The Kier molecular flexibility index (Phi) is 6.09. The van der Waals surface area contributed by atoms with Gasteiger partial charge in [0.2, 0.25) is 0 Å². The van der Waals surface area contributed by atoms with Crippen LogP contribution in [0.1, 0.15) is 52.4 Å². The lowest BCUT2D eigenvalue weighted by atomic mass is 9.80. The maximum atomic E-state index is 11.4. The predicted octanol–water partition coefficient (Wildman–Crippen LogP) is 2.42. The molecule has 3 unspecified atom stereocenters. The summed E-state index contributed by atoms with van der Waals surface area (Å²) in [7, 11) is 1.73. The number of carboxylic acid groups (broad SMARTS) is 1. The van der Waals surface area contributed by atoms with Crippen molar-refractivity contribution < 1.29 is 14.6 Å². The summed E-state index contributed by atoms with van der Waals surface area (Å²) in [5.74, 6) is -0.189. The summed E-state index contributed by atoms with van der Waals surface area (Å²) in [5, 5.41) is 12.3. The van der Waals surface area contributed by atoms with E-state index in [4.69, 9.17) is 4.74 Å². The Hall–Kier alpha value is -0.610. The van der Waals surface area contributed by atoms with Crippen LogP contribution in [0.5, 0.6) is 0 Å². The van der Waals surface area contributed by atoms with E-state index >= 15 is 0 Å².